The number of rotatable bonds is 3. The summed E-state index contributed by atoms with van der Waals surface area (Å²) in [6.07, 6.45) is 2.11. The summed E-state index contributed by atoms with van der Waals surface area (Å²) >= 11 is 0. The van der Waals surface area contributed by atoms with Crippen molar-refractivity contribution in [1.82, 2.24) is 14.5 Å². The highest BCUT2D eigenvalue weighted by atomic mass is 19.1. The Kier molecular flexibility index (Phi) is 3.09. The van der Waals surface area contributed by atoms with Crippen LogP contribution in [-0.2, 0) is 9.59 Å². The summed E-state index contributed by atoms with van der Waals surface area (Å²) in [5.41, 5.74) is -0.930. The maximum Gasteiger partial charge on any atom is 0.323 e. The summed E-state index contributed by atoms with van der Waals surface area (Å²) in [5, 5.41) is 8.61. The lowest BCUT2D eigenvalue weighted by Crippen LogP contribution is -2.36. The van der Waals surface area contributed by atoms with Crippen molar-refractivity contribution in [2.45, 2.75) is 12.5 Å². The fourth-order valence-corrected chi connectivity index (χ4v) is 1.92. The third-order valence-corrected chi connectivity index (χ3v) is 2.75. The van der Waals surface area contributed by atoms with Gasteiger partial charge >= 0.3 is 5.97 Å². The van der Waals surface area contributed by atoms with Gasteiger partial charge in [0.1, 0.15) is 12.6 Å². The number of carboxylic acids is 1. The van der Waals surface area contributed by atoms with E-state index >= 15 is 0 Å². The van der Waals surface area contributed by atoms with Crippen LogP contribution in [-0.4, -0.2) is 44.5 Å². The third-order valence-electron chi connectivity index (χ3n) is 2.75. The standard InChI is InChI=1S/C10H10FN3O4/c11-6-3-12-5-14(9(6)17)7-1-2-13(10(7)18)4-8(15)16/h3,5,7H,1-2,4H2,(H,15,16). The number of aliphatic carboxylic acids is 1. The van der Waals surface area contributed by atoms with Gasteiger partial charge in [0.05, 0.1) is 12.5 Å². The van der Waals surface area contributed by atoms with Crippen LogP contribution in [0.5, 0.6) is 0 Å². The molecule has 0 saturated carbocycles. The van der Waals surface area contributed by atoms with Crippen molar-refractivity contribution in [3.05, 3.63) is 28.7 Å². The van der Waals surface area contributed by atoms with E-state index in [4.69, 9.17) is 5.11 Å². The Hall–Kier alpha value is -2.25. The molecule has 0 bridgehead atoms. The number of hydrogen-bond donors (Lipinski definition) is 1. The third kappa shape index (κ3) is 2.08. The van der Waals surface area contributed by atoms with E-state index in [1.54, 1.807) is 0 Å². The predicted molar refractivity (Wildman–Crippen MR) is 56.3 cm³/mol. The molecule has 18 heavy (non-hydrogen) atoms. The first-order chi connectivity index (χ1) is 8.50. The molecule has 0 aliphatic carbocycles. The second-order valence-corrected chi connectivity index (χ2v) is 3.91. The molecule has 1 saturated heterocycles. The second-order valence-electron chi connectivity index (χ2n) is 3.91. The molecule has 2 rings (SSSR count). The molecule has 96 valence electrons. The van der Waals surface area contributed by atoms with Gasteiger partial charge in [-0.15, -0.1) is 0 Å². The second kappa shape index (κ2) is 4.55. The van der Waals surface area contributed by atoms with Gasteiger partial charge in [-0.1, -0.05) is 0 Å². The Balaban J connectivity index is 2.26. The molecule has 1 fully saturated rings. The van der Waals surface area contributed by atoms with E-state index in [1.807, 2.05) is 0 Å². The molecule has 1 aromatic heterocycles. The van der Waals surface area contributed by atoms with Crippen molar-refractivity contribution in [2.75, 3.05) is 13.1 Å². The van der Waals surface area contributed by atoms with Crippen LogP contribution in [0.1, 0.15) is 12.5 Å². The van der Waals surface area contributed by atoms with Gasteiger partial charge in [0.25, 0.3) is 5.56 Å². The average molecular weight is 255 g/mol. The van der Waals surface area contributed by atoms with Crippen molar-refractivity contribution in [3.8, 4) is 0 Å². The van der Waals surface area contributed by atoms with Crippen molar-refractivity contribution in [3.63, 3.8) is 0 Å². The van der Waals surface area contributed by atoms with Gasteiger partial charge in [0.15, 0.2) is 0 Å². The number of aromatic nitrogens is 2. The van der Waals surface area contributed by atoms with Crippen molar-refractivity contribution >= 4 is 11.9 Å². The number of hydrogen-bond acceptors (Lipinski definition) is 4. The van der Waals surface area contributed by atoms with E-state index in [0.29, 0.717) is 0 Å². The number of carboxylic acid groups (broad SMARTS) is 1. The number of amides is 1. The number of carbonyl (C=O) groups excluding carboxylic acids is 1. The van der Waals surface area contributed by atoms with Crippen LogP contribution in [0, 0.1) is 5.82 Å². The first-order valence-electron chi connectivity index (χ1n) is 5.23. The van der Waals surface area contributed by atoms with Crippen LogP contribution >= 0.6 is 0 Å². The maximum absolute atomic E-state index is 13.1. The molecule has 1 aliphatic heterocycles. The van der Waals surface area contributed by atoms with Gasteiger partial charge in [0, 0.05) is 6.54 Å². The summed E-state index contributed by atoms with van der Waals surface area (Å²) in [5.74, 6) is -2.68. The Morgan fingerprint density at radius 1 is 1.56 bits per heavy atom. The van der Waals surface area contributed by atoms with E-state index in [-0.39, 0.29) is 13.0 Å². The topological polar surface area (TPSA) is 92.5 Å². The molecule has 8 heteroatoms. The molecular formula is C10H10FN3O4. The number of carbonyl (C=O) groups is 2. The number of halogens is 1. The van der Waals surface area contributed by atoms with Crippen molar-refractivity contribution in [2.24, 2.45) is 0 Å². The molecule has 0 aromatic carbocycles. The van der Waals surface area contributed by atoms with Crippen molar-refractivity contribution < 1.29 is 19.1 Å². The summed E-state index contributed by atoms with van der Waals surface area (Å²) < 4.78 is 14.0. The molecule has 1 aromatic rings. The average Bonchev–Trinajstić information content (AvgIpc) is 2.64. The van der Waals surface area contributed by atoms with Crippen LogP contribution in [0.4, 0.5) is 4.39 Å². The minimum absolute atomic E-state index is 0.221. The highest BCUT2D eigenvalue weighted by molar-refractivity contribution is 5.86. The molecular weight excluding hydrogens is 245 g/mol. The lowest BCUT2D eigenvalue weighted by Gasteiger charge is -2.14. The molecule has 1 unspecified atom stereocenters. The molecule has 7 nitrogen and oxygen atoms in total. The minimum Gasteiger partial charge on any atom is -0.480 e. The molecule has 0 spiro atoms. The van der Waals surface area contributed by atoms with Crippen molar-refractivity contribution in [1.29, 1.82) is 0 Å². The van der Waals surface area contributed by atoms with Gasteiger partial charge in [-0.05, 0) is 6.42 Å². The van der Waals surface area contributed by atoms with Crippen LogP contribution in [0.15, 0.2) is 17.3 Å². The first kappa shape index (κ1) is 12.2. The van der Waals surface area contributed by atoms with Crippen LogP contribution < -0.4 is 5.56 Å². The van der Waals surface area contributed by atoms with E-state index in [2.05, 4.69) is 4.98 Å². The largest absolute Gasteiger partial charge is 0.480 e. The molecule has 0 radical (unpaired) electrons. The Bertz CT molecular complexity index is 556. The van der Waals surface area contributed by atoms with Gasteiger partial charge in [-0.25, -0.2) is 4.98 Å². The normalized spacial score (nSPS) is 19.3. The maximum atomic E-state index is 13.1. The van der Waals surface area contributed by atoms with Gasteiger partial charge < -0.3 is 10.0 Å². The van der Waals surface area contributed by atoms with Crippen LogP contribution in [0.3, 0.4) is 0 Å². The lowest BCUT2D eigenvalue weighted by atomic mass is 10.2. The zero-order valence-electron chi connectivity index (χ0n) is 9.24. The molecule has 1 atom stereocenters. The van der Waals surface area contributed by atoms with E-state index in [1.165, 1.54) is 0 Å². The van der Waals surface area contributed by atoms with E-state index < -0.39 is 35.8 Å². The fraction of sp³-hybridized carbons (Fsp3) is 0.400. The quantitative estimate of drug-likeness (QED) is 0.766. The summed E-state index contributed by atoms with van der Waals surface area (Å²) in [6, 6.07) is -0.875. The van der Waals surface area contributed by atoms with Gasteiger partial charge in [0.2, 0.25) is 11.7 Å². The molecule has 2 heterocycles. The highest BCUT2D eigenvalue weighted by Gasteiger charge is 2.34. The Morgan fingerprint density at radius 2 is 2.28 bits per heavy atom. The van der Waals surface area contributed by atoms with E-state index in [9.17, 15) is 18.8 Å². The smallest absolute Gasteiger partial charge is 0.323 e. The Labute approximate surface area is 100 Å². The van der Waals surface area contributed by atoms with Gasteiger partial charge in [-0.2, -0.15) is 4.39 Å². The zero-order chi connectivity index (χ0) is 13.3. The first-order valence-corrected chi connectivity index (χ1v) is 5.23. The molecule has 1 amide bonds. The lowest BCUT2D eigenvalue weighted by molar-refractivity contribution is -0.143. The monoisotopic (exact) mass is 255 g/mol. The fourth-order valence-electron chi connectivity index (χ4n) is 1.92. The van der Waals surface area contributed by atoms with Crippen LogP contribution in [0.2, 0.25) is 0 Å². The number of likely N-dealkylation sites (tertiary alicyclic amines) is 1. The Morgan fingerprint density at radius 3 is 2.94 bits per heavy atom. The highest BCUT2D eigenvalue weighted by Crippen LogP contribution is 2.21. The summed E-state index contributed by atoms with van der Waals surface area (Å²) in [4.78, 5) is 38.5. The molecule has 1 aliphatic rings. The predicted octanol–water partition coefficient (Wildman–Crippen LogP) is -0.760. The SMILES string of the molecule is O=C(O)CN1CCC(n2cncc(F)c2=O)C1=O. The summed E-state index contributed by atoms with van der Waals surface area (Å²) in [7, 11) is 0. The van der Waals surface area contributed by atoms with Gasteiger partial charge in [-0.3, -0.25) is 19.0 Å². The number of nitrogens with zero attached hydrogens (tertiary/aromatic N) is 3. The summed E-state index contributed by atoms with van der Waals surface area (Å²) in [6.45, 7) is -0.203. The zero-order valence-corrected chi connectivity index (χ0v) is 9.24. The molecule has 1 N–H and O–H groups in total. The minimum atomic E-state index is -1.13. The van der Waals surface area contributed by atoms with Crippen LogP contribution in [0.25, 0.3) is 0 Å². The van der Waals surface area contributed by atoms with E-state index in [0.717, 1.165) is 22.0 Å².